The van der Waals surface area contributed by atoms with Crippen molar-refractivity contribution in [1.29, 1.82) is 0 Å². The molecule has 1 aliphatic rings. The van der Waals surface area contributed by atoms with E-state index in [0.29, 0.717) is 0 Å². The Labute approximate surface area is 157 Å². The topological polar surface area (TPSA) is 72.5 Å². The number of esters is 1. The number of hydrogen-bond acceptors (Lipinski definition) is 4. The second-order valence-corrected chi connectivity index (χ2v) is 5.99. The highest BCUT2D eigenvalue weighted by atomic mass is 19.2. The molecule has 29 heavy (non-hydrogen) atoms. The molecule has 0 saturated heterocycles. The maximum Gasteiger partial charge on any atom is 0.349 e. The number of rotatable bonds is 2. The lowest BCUT2D eigenvalue weighted by Crippen LogP contribution is -2.34. The Balaban J connectivity index is 1.82. The van der Waals surface area contributed by atoms with Gasteiger partial charge in [0.2, 0.25) is 5.82 Å². The fourth-order valence-corrected chi connectivity index (χ4v) is 3.01. The molecule has 0 atom stereocenters. The van der Waals surface area contributed by atoms with Crippen LogP contribution in [-0.4, -0.2) is 17.8 Å². The molecule has 1 aliphatic heterocycles. The number of nitrogens with one attached hydrogen (secondary N) is 1. The van der Waals surface area contributed by atoms with Crippen molar-refractivity contribution >= 4 is 28.6 Å². The van der Waals surface area contributed by atoms with Crippen LogP contribution in [0.5, 0.6) is 5.75 Å². The lowest BCUT2D eigenvalue weighted by Gasteiger charge is -2.17. The third-order valence-corrected chi connectivity index (χ3v) is 4.29. The minimum Gasteiger partial charge on any atom is -0.423 e. The minimum absolute atomic E-state index is 0.0714. The largest absolute Gasteiger partial charge is 0.423 e. The molecule has 0 saturated carbocycles. The maximum absolute atomic E-state index is 13.8. The number of amides is 2. The van der Waals surface area contributed by atoms with E-state index in [0.717, 1.165) is 6.07 Å². The van der Waals surface area contributed by atoms with E-state index in [1.165, 1.54) is 24.3 Å². The molecule has 146 valence electrons. The van der Waals surface area contributed by atoms with Crippen LogP contribution in [0.25, 0.3) is 10.8 Å². The van der Waals surface area contributed by atoms with Gasteiger partial charge in [0.15, 0.2) is 23.3 Å². The molecule has 0 aliphatic carbocycles. The van der Waals surface area contributed by atoms with Crippen molar-refractivity contribution in [3.05, 3.63) is 76.1 Å². The summed E-state index contributed by atoms with van der Waals surface area (Å²) in [5.41, 5.74) is -1.67. The molecule has 5 nitrogen and oxygen atoms in total. The van der Waals surface area contributed by atoms with Crippen molar-refractivity contribution < 1.29 is 41.1 Å². The standard InChI is InChI=1S/C19H6F5NO4/c20-12-11(13(21)15(23)16(24)14(12)22)19(28)29-7-4-6-2-1-3-8-10(6)9(5-7)18(27)25-17(8)26/h1-5H,(H,25,26,27). The van der Waals surface area contributed by atoms with Crippen molar-refractivity contribution in [2.75, 3.05) is 0 Å². The van der Waals surface area contributed by atoms with Gasteiger partial charge in [-0.3, -0.25) is 14.9 Å². The summed E-state index contributed by atoms with van der Waals surface area (Å²) in [6.45, 7) is 0. The zero-order valence-electron chi connectivity index (χ0n) is 13.9. The molecule has 0 radical (unpaired) electrons. The third kappa shape index (κ3) is 2.72. The predicted octanol–water partition coefficient (Wildman–Crippen LogP) is 3.64. The summed E-state index contributed by atoms with van der Waals surface area (Å²) < 4.78 is 72.1. The second kappa shape index (κ2) is 6.36. The number of carbonyl (C=O) groups is 3. The molecular weight excluding hydrogens is 401 g/mol. The molecule has 2 amide bonds. The Kier molecular flexibility index (Phi) is 4.07. The number of ether oxygens (including phenoxy) is 1. The third-order valence-electron chi connectivity index (χ3n) is 4.29. The molecule has 0 unspecified atom stereocenters. The Morgan fingerprint density at radius 3 is 2.03 bits per heavy atom. The molecule has 3 aromatic rings. The molecular formula is C19H6F5NO4. The summed E-state index contributed by atoms with van der Waals surface area (Å²) in [5, 5.41) is 2.61. The number of halogens is 5. The number of benzene rings is 3. The SMILES string of the molecule is O=C(Oc1cc2c3c(cccc3c1)C(=O)NC2=O)c1c(F)c(F)c(F)c(F)c1F. The Hall–Kier alpha value is -3.82. The maximum atomic E-state index is 13.8. The van der Waals surface area contributed by atoms with Gasteiger partial charge in [-0.1, -0.05) is 12.1 Å². The number of hydrogen-bond donors (Lipinski definition) is 1. The van der Waals surface area contributed by atoms with E-state index in [-0.39, 0.29) is 21.9 Å². The number of imide groups is 1. The van der Waals surface area contributed by atoms with Crippen LogP contribution in [0, 0.1) is 29.1 Å². The first kappa shape index (κ1) is 18.5. The minimum atomic E-state index is -2.42. The van der Waals surface area contributed by atoms with E-state index in [2.05, 4.69) is 5.32 Å². The molecule has 0 aromatic heterocycles. The van der Waals surface area contributed by atoms with Crippen LogP contribution in [0.3, 0.4) is 0 Å². The molecule has 0 bridgehead atoms. The van der Waals surface area contributed by atoms with Gasteiger partial charge >= 0.3 is 5.97 Å². The predicted molar refractivity (Wildman–Crippen MR) is 86.9 cm³/mol. The van der Waals surface area contributed by atoms with E-state index in [9.17, 15) is 36.3 Å². The fourth-order valence-electron chi connectivity index (χ4n) is 3.01. The van der Waals surface area contributed by atoms with Crippen LogP contribution >= 0.6 is 0 Å². The van der Waals surface area contributed by atoms with Crippen LogP contribution in [0.4, 0.5) is 22.0 Å². The van der Waals surface area contributed by atoms with Crippen LogP contribution in [0.15, 0.2) is 30.3 Å². The zero-order chi connectivity index (χ0) is 21.0. The van der Waals surface area contributed by atoms with E-state index in [1.807, 2.05) is 0 Å². The summed E-state index contributed by atoms with van der Waals surface area (Å²) in [4.78, 5) is 36.1. The quantitative estimate of drug-likeness (QED) is 0.176. The molecule has 0 spiro atoms. The van der Waals surface area contributed by atoms with Gasteiger partial charge in [-0.2, -0.15) is 0 Å². The highest BCUT2D eigenvalue weighted by Crippen LogP contribution is 2.32. The van der Waals surface area contributed by atoms with Crippen molar-refractivity contribution in [1.82, 2.24) is 5.32 Å². The van der Waals surface area contributed by atoms with Gasteiger partial charge in [0.25, 0.3) is 11.8 Å². The van der Waals surface area contributed by atoms with Gasteiger partial charge in [0.05, 0.1) is 5.56 Å². The highest BCUT2D eigenvalue weighted by Gasteiger charge is 2.32. The molecule has 4 rings (SSSR count). The summed E-state index contributed by atoms with van der Waals surface area (Å²) in [5.74, 6) is -15.4. The lowest BCUT2D eigenvalue weighted by molar-refractivity contribution is 0.0718. The van der Waals surface area contributed by atoms with Gasteiger partial charge in [-0.05, 0) is 23.6 Å². The monoisotopic (exact) mass is 407 g/mol. The molecule has 1 heterocycles. The average Bonchev–Trinajstić information content (AvgIpc) is 2.68. The Bertz CT molecular complexity index is 1240. The normalized spacial score (nSPS) is 12.9. The smallest absolute Gasteiger partial charge is 0.349 e. The van der Waals surface area contributed by atoms with Gasteiger partial charge in [-0.15, -0.1) is 0 Å². The zero-order valence-corrected chi connectivity index (χ0v) is 13.9. The second-order valence-electron chi connectivity index (χ2n) is 5.99. The van der Waals surface area contributed by atoms with Crippen LogP contribution < -0.4 is 10.1 Å². The fraction of sp³-hybridized carbons (Fsp3) is 0. The van der Waals surface area contributed by atoms with Crippen molar-refractivity contribution in [3.63, 3.8) is 0 Å². The van der Waals surface area contributed by atoms with Crippen molar-refractivity contribution in [2.45, 2.75) is 0 Å². The Morgan fingerprint density at radius 1 is 0.793 bits per heavy atom. The van der Waals surface area contributed by atoms with E-state index in [1.54, 1.807) is 0 Å². The van der Waals surface area contributed by atoms with Gasteiger partial charge in [0.1, 0.15) is 11.3 Å². The first-order valence-corrected chi connectivity index (χ1v) is 7.86. The van der Waals surface area contributed by atoms with Gasteiger partial charge in [0, 0.05) is 10.9 Å². The first-order valence-electron chi connectivity index (χ1n) is 7.86. The summed E-state index contributed by atoms with van der Waals surface area (Å²) in [7, 11) is 0. The van der Waals surface area contributed by atoms with Crippen LogP contribution in [0.2, 0.25) is 0 Å². The van der Waals surface area contributed by atoms with Crippen molar-refractivity contribution in [2.24, 2.45) is 0 Å². The average molecular weight is 407 g/mol. The van der Waals surface area contributed by atoms with Crippen molar-refractivity contribution in [3.8, 4) is 5.75 Å². The molecule has 0 fully saturated rings. The van der Waals surface area contributed by atoms with Gasteiger partial charge < -0.3 is 4.74 Å². The molecule has 10 heteroatoms. The summed E-state index contributed by atoms with van der Waals surface area (Å²) >= 11 is 0. The highest BCUT2D eigenvalue weighted by molar-refractivity contribution is 6.25. The Morgan fingerprint density at radius 2 is 1.38 bits per heavy atom. The van der Waals surface area contributed by atoms with Crippen LogP contribution in [-0.2, 0) is 0 Å². The van der Waals surface area contributed by atoms with Crippen LogP contribution in [0.1, 0.15) is 31.1 Å². The summed E-state index contributed by atoms with van der Waals surface area (Å²) in [6.07, 6.45) is 0. The molecule has 3 aromatic carbocycles. The van der Waals surface area contributed by atoms with E-state index < -0.39 is 58.2 Å². The van der Waals surface area contributed by atoms with E-state index >= 15 is 0 Å². The lowest BCUT2D eigenvalue weighted by atomic mass is 9.95. The first-order chi connectivity index (χ1) is 13.7. The van der Waals surface area contributed by atoms with E-state index in [4.69, 9.17) is 4.74 Å². The summed E-state index contributed by atoms with van der Waals surface area (Å²) in [6, 6.07) is 6.60. The van der Waals surface area contributed by atoms with Gasteiger partial charge in [-0.25, -0.2) is 26.7 Å². The number of carbonyl (C=O) groups excluding carboxylic acids is 3. The molecule has 1 N–H and O–H groups in total.